The lowest BCUT2D eigenvalue weighted by molar-refractivity contribution is -0.116. The van der Waals surface area contributed by atoms with Gasteiger partial charge in [-0.05, 0) is 44.3 Å². The fraction of sp³-hybridized carbons (Fsp3) is 0.444. The second-order valence-corrected chi connectivity index (χ2v) is 6.26. The van der Waals surface area contributed by atoms with Gasteiger partial charge in [-0.1, -0.05) is 30.3 Å². The highest BCUT2D eigenvalue weighted by atomic mass is 35.5. The van der Waals surface area contributed by atoms with Crippen molar-refractivity contribution in [3.8, 4) is 0 Å². The molecule has 130 valence electrons. The molecule has 0 spiro atoms. The number of nitrogens with one attached hydrogen (secondary N) is 2. The molecule has 3 rings (SSSR count). The van der Waals surface area contributed by atoms with E-state index < -0.39 is 0 Å². The zero-order valence-electron chi connectivity index (χ0n) is 14.0. The van der Waals surface area contributed by atoms with Gasteiger partial charge in [0.2, 0.25) is 5.91 Å². The van der Waals surface area contributed by atoms with Crippen molar-refractivity contribution in [2.24, 2.45) is 5.92 Å². The minimum atomic E-state index is 0. The van der Waals surface area contributed by atoms with Crippen LogP contribution in [-0.2, 0) is 11.3 Å². The Kier molecular flexibility index (Phi) is 6.82. The minimum Gasteiger partial charge on any atom is -0.316 e. The maximum atomic E-state index is 12.2. The monoisotopic (exact) mass is 348 g/mol. The van der Waals surface area contributed by atoms with Gasteiger partial charge in [0.25, 0.3) is 0 Å². The SMILES string of the molecule is Cc1cc(NC(=O)CCC2CCNC2)n(Cc2ccccc2)n1.Cl. The molecule has 1 fully saturated rings. The average molecular weight is 349 g/mol. The van der Waals surface area contributed by atoms with Gasteiger partial charge >= 0.3 is 0 Å². The summed E-state index contributed by atoms with van der Waals surface area (Å²) in [4.78, 5) is 12.2. The number of rotatable bonds is 6. The first-order valence-corrected chi connectivity index (χ1v) is 8.29. The Bertz CT molecular complexity index is 650. The number of hydrogen-bond acceptors (Lipinski definition) is 3. The van der Waals surface area contributed by atoms with Crippen LogP contribution in [0.2, 0.25) is 0 Å². The van der Waals surface area contributed by atoms with Crippen molar-refractivity contribution in [2.45, 2.75) is 32.7 Å². The topological polar surface area (TPSA) is 59.0 Å². The number of aromatic nitrogens is 2. The second-order valence-electron chi connectivity index (χ2n) is 6.26. The van der Waals surface area contributed by atoms with E-state index in [1.54, 1.807) is 0 Å². The maximum absolute atomic E-state index is 12.2. The predicted octanol–water partition coefficient (Wildman–Crippen LogP) is 2.99. The number of aryl methyl sites for hydroxylation is 1. The van der Waals surface area contributed by atoms with E-state index in [2.05, 4.69) is 27.9 Å². The van der Waals surface area contributed by atoms with E-state index in [4.69, 9.17) is 0 Å². The number of anilines is 1. The Morgan fingerprint density at radius 3 is 2.88 bits per heavy atom. The highest BCUT2D eigenvalue weighted by Gasteiger charge is 2.16. The first-order chi connectivity index (χ1) is 11.2. The van der Waals surface area contributed by atoms with Crippen molar-refractivity contribution < 1.29 is 4.79 Å². The van der Waals surface area contributed by atoms with Gasteiger partial charge in [0.05, 0.1) is 12.2 Å². The van der Waals surface area contributed by atoms with Gasteiger partial charge < -0.3 is 10.6 Å². The zero-order chi connectivity index (χ0) is 16.1. The van der Waals surface area contributed by atoms with E-state index in [9.17, 15) is 4.79 Å². The predicted molar refractivity (Wildman–Crippen MR) is 98.6 cm³/mol. The van der Waals surface area contributed by atoms with Gasteiger partial charge in [0, 0.05) is 12.5 Å². The quantitative estimate of drug-likeness (QED) is 0.843. The summed E-state index contributed by atoms with van der Waals surface area (Å²) in [5.41, 5.74) is 2.08. The van der Waals surface area contributed by atoms with Crippen molar-refractivity contribution in [1.82, 2.24) is 15.1 Å². The van der Waals surface area contributed by atoms with Crippen molar-refractivity contribution in [3.05, 3.63) is 47.7 Å². The number of nitrogens with zero attached hydrogens (tertiary/aromatic N) is 2. The van der Waals surface area contributed by atoms with Crippen LogP contribution < -0.4 is 10.6 Å². The highest BCUT2D eigenvalue weighted by molar-refractivity contribution is 5.89. The number of carbonyl (C=O) groups is 1. The molecule has 6 heteroatoms. The van der Waals surface area contributed by atoms with E-state index in [1.807, 2.05) is 35.9 Å². The Hall–Kier alpha value is -1.85. The van der Waals surface area contributed by atoms with E-state index in [0.717, 1.165) is 31.0 Å². The maximum Gasteiger partial charge on any atom is 0.225 e. The summed E-state index contributed by atoms with van der Waals surface area (Å²) in [5, 5.41) is 10.8. The summed E-state index contributed by atoms with van der Waals surface area (Å²) in [6.45, 7) is 4.73. The van der Waals surface area contributed by atoms with Crippen molar-refractivity contribution in [1.29, 1.82) is 0 Å². The summed E-state index contributed by atoms with van der Waals surface area (Å²) < 4.78 is 1.86. The number of hydrogen-bond donors (Lipinski definition) is 2. The molecule has 1 saturated heterocycles. The molecule has 2 aromatic rings. The third-order valence-corrected chi connectivity index (χ3v) is 4.29. The first-order valence-electron chi connectivity index (χ1n) is 8.29. The number of carbonyl (C=O) groups excluding carboxylic acids is 1. The smallest absolute Gasteiger partial charge is 0.225 e. The molecular weight excluding hydrogens is 324 g/mol. The average Bonchev–Trinajstić information content (AvgIpc) is 3.17. The van der Waals surface area contributed by atoms with Crippen LogP contribution in [0.25, 0.3) is 0 Å². The van der Waals surface area contributed by atoms with Gasteiger partial charge in [0.1, 0.15) is 5.82 Å². The first kappa shape index (κ1) is 18.5. The van der Waals surface area contributed by atoms with Crippen LogP contribution in [0.5, 0.6) is 0 Å². The van der Waals surface area contributed by atoms with Crippen LogP contribution >= 0.6 is 12.4 Å². The largest absolute Gasteiger partial charge is 0.316 e. The molecule has 2 heterocycles. The Labute approximate surface area is 149 Å². The molecule has 1 aliphatic heterocycles. The van der Waals surface area contributed by atoms with E-state index >= 15 is 0 Å². The van der Waals surface area contributed by atoms with Crippen molar-refractivity contribution in [2.75, 3.05) is 18.4 Å². The van der Waals surface area contributed by atoms with Crippen molar-refractivity contribution >= 4 is 24.1 Å². The summed E-state index contributed by atoms with van der Waals surface area (Å²) in [7, 11) is 0. The van der Waals surface area contributed by atoms with Gasteiger partial charge in [-0.25, -0.2) is 4.68 Å². The van der Waals surface area contributed by atoms with Gasteiger partial charge in [-0.2, -0.15) is 5.10 Å². The molecule has 1 unspecified atom stereocenters. The summed E-state index contributed by atoms with van der Waals surface area (Å²) >= 11 is 0. The fourth-order valence-electron chi connectivity index (χ4n) is 3.02. The summed E-state index contributed by atoms with van der Waals surface area (Å²) in [6, 6.07) is 12.1. The minimum absolute atomic E-state index is 0. The summed E-state index contributed by atoms with van der Waals surface area (Å²) in [6.07, 6.45) is 2.70. The van der Waals surface area contributed by atoms with Crippen LogP contribution in [0.3, 0.4) is 0 Å². The van der Waals surface area contributed by atoms with Gasteiger partial charge in [0.15, 0.2) is 0 Å². The van der Waals surface area contributed by atoms with Crippen LogP contribution in [0.4, 0.5) is 5.82 Å². The Morgan fingerprint density at radius 1 is 1.38 bits per heavy atom. The second kappa shape index (κ2) is 8.85. The molecule has 1 aliphatic rings. The standard InChI is InChI=1S/C18H24N4O.ClH/c1-14-11-17(20-18(23)8-7-15-9-10-19-12-15)22(21-14)13-16-5-3-2-4-6-16;/h2-6,11,15,19H,7-10,12-13H2,1H3,(H,20,23);1H. The Morgan fingerprint density at radius 2 is 2.17 bits per heavy atom. The molecular formula is C18H25ClN4O. The number of halogens is 1. The normalized spacial score (nSPS) is 16.6. The number of amides is 1. The molecule has 0 radical (unpaired) electrons. The van der Waals surface area contributed by atoms with Crippen LogP contribution in [-0.4, -0.2) is 28.8 Å². The van der Waals surface area contributed by atoms with Gasteiger partial charge in [-0.15, -0.1) is 12.4 Å². The third-order valence-electron chi connectivity index (χ3n) is 4.29. The molecule has 0 aliphatic carbocycles. The van der Waals surface area contributed by atoms with E-state index in [0.29, 0.717) is 18.9 Å². The molecule has 0 saturated carbocycles. The highest BCUT2D eigenvalue weighted by Crippen LogP contribution is 2.17. The lowest BCUT2D eigenvalue weighted by Crippen LogP contribution is -2.17. The molecule has 0 bridgehead atoms. The lowest BCUT2D eigenvalue weighted by Gasteiger charge is -2.10. The Balaban J connectivity index is 0.00000208. The summed E-state index contributed by atoms with van der Waals surface area (Å²) in [5.74, 6) is 1.49. The lowest BCUT2D eigenvalue weighted by atomic mass is 10.0. The molecule has 1 aromatic heterocycles. The molecule has 1 amide bonds. The van der Waals surface area contributed by atoms with Crippen molar-refractivity contribution in [3.63, 3.8) is 0 Å². The van der Waals surface area contributed by atoms with Crippen LogP contribution in [0.15, 0.2) is 36.4 Å². The van der Waals surface area contributed by atoms with Crippen LogP contribution in [0.1, 0.15) is 30.5 Å². The van der Waals surface area contributed by atoms with Gasteiger partial charge in [-0.3, -0.25) is 4.79 Å². The zero-order valence-corrected chi connectivity index (χ0v) is 14.8. The molecule has 5 nitrogen and oxygen atoms in total. The fourth-order valence-corrected chi connectivity index (χ4v) is 3.02. The molecule has 2 N–H and O–H groups in total. The van der Waals surface area contributed by atoms with Crippen LogP contribution in [0, 0.1) is 12.8 Å². The molecule has 24 heavy (non-hydrogen) atoms. The number of benzene rings is 1. The molecule has 1 atom stereocenters. The van der Waals surface area contributed by atoms with E-state index in [-0.39, 0.29) is 18.3 Å². The third kappa shape index (κ3) is 5.08. The van der Waals surface area contributed by atoms with E-state index in [1.165, 1.54) is 12.0 Å². The molecule has 1 aromatic carbocycles.